The van der Waals surface area contributed by atoms with Gasteiger partial charge in [0.25, 0.3) is 0 Å². The predicted molar refractivity (Wildman–Crippen MR) is 121 cm³/mol. The van der Waals surface area contributed by atoms with E-state index in [0.717, 1.165) is 30.4 Å². The minimum absolute atomic E-state index is 0.0201. The van der Waals surface area contributed by atoms with Crippen molar-refractivity contribution in [1.82, 2.24) is 10.3 Å². The van der Waals surface area contributed by atoms with Crippen molar-refractivity contribution in [3.05, 3.63) is 89.7 Å². The molecule has 6 nitrogen and oxygen atoms in total. The first-order valence-electron chi connectivity index (χ1n) is 10.4. The van der Waals surface area contributed by atoms with Gasteiger partial charge in [-0.05, 0) is 78.3 Å². The molecule has 0 saturated carbocycles. The van der Waals surface area contributed by atoms with E-state index in [-0.39, 0.29) is 22.6 Å². The summed E-state index contributed by atoms with van der Waals surface area (Å²) in [5.41, 5.74) is 3.89. The molecule has 0 radical (unpaired) electrons. The van der Waals surface area contributed by atoms with Crippen LogP contribution >= 0.6 is 0 Å². The van der Waals surface area contributed by atoms with Gasteiger partial charge in [-0.25, -0.2) is 13.2 Å². The summed E-state index contributed by atoms with van der Waals surface area (Å²) in [6.45, 7) is 0.379. The Morgan fingerprint density at radius 3 is 2.52 bits per heavy atom. The molecule has 1 atom stereocenters. The van der Waals surface area contributed by atoms with Gasteiger partial charge < -0.3 is 10.6 Å². The quantitative estimate of drug-likeness (QED) is 0.604. The number of benzene rings is 2. The van der Waals surface area contributed by atoms with Gasteiger partial charge in [0.05, 0.1) is 10.6 Å². The standard InChI is InChI=1S/C24H25N3O3S/c28-24(26-16-18-12-14-25-15-13-18)27-21-8-10-22(11-9-21)31(29,30)17-20-6-3-5-19-4-1-2-7-23(19)20/h1-2,4,7-15,20H,3,5-6,16-17H2,(H2,26,27,28). The molecule has 1 aromatic heterocycles. The van der Waals surface area contributed by atoms with Crippen LogP contribution < -0.4 is 10.6 Å². The number of amides is 2. The Balaban J connectivity index is 1.38. The van der Waals surface area contributed by atoms with Gasteiger partial charge in [-0.2, -0.15) is 0 Å². The number of aromatic nitrogens is 1. The highest BCUT2D eigenvalue weighted by Gasteiger charge is 2.26. The van der Waals surface area contributed by atoms with Gasteiger partial charge in [0.1, 0.15) is 0 Å². The molecule has 0 aliphatic heterocycles. The molecule has 2 N–H and O–H groups in total. The largest absolute Gasteiger partial charge is 0.334 e. The van der Waals surface area contributed by atoms with Gasteiger partial charge in [0, 0.05) is 24.6 Å². The van der Waals surface area contributed by atoms with Crippen LogP contribution in [0.2, 0.25) is 0 Å². The second kappa shape index (κ2) is 9.31. The topological polar surface area (TPSA) is 88.2 Å². The molecule has 1 aliphatic rings. The highest BCUT2D eigenvalue weighted by molar-refractivity contribution is 7.91. The van der Waals surface area contributed by atoms with Crippen molar-refractivity contribution >= 4 is 21.6 Å². The molecule has 0 spiro atoms. The summed E-state index contributed by atoms with van der Waals surface area (Å²) < 4.78 is 26.0. The minimum atomic E-state index is -3.43. The molecule has 160 valence electrons. The van der Waals surface area contributed by atoms with Gasteiger partial charge >= 0.3 is 6.03 Å². The summed E-state index contributed by atoms with van der Waals surface area (Å²) in [6.07, 6.45) is 6.23. The number of sulfone groups is 1. The number of fused-ring (bicyclic) bond motifs is 1. The smallest absolute Gasteiger partial charge is 0.319 e. The zero-order chi connectivity index (χ0) is 21.7. The number of carbonyl (C=O) groups is 1. The van der Waals surface area contributed by atoms with Crippen LogP contribution in [0, 0.1) is 0 Å². The van der Waals surface area contributed by atoms with Crippen molar-refractivity contribution in [1.29, 1.82) is 0 Å². The number of nitrogens with one attached hydrogen (secondary N) is 2. The zero-order valence-electron chi connectivity index (χ0n) is 17.1. The van der Waals surface area contributed by atoms with Crippen molar-refractivity contribution in [2.75, 3.05) is 11.1 Å². The molecular formula is C24H25N3O3S. The van der Waals surface area contributed by atoms with E-state index in [1.54, 1.807) is 36.7 Å². The van der Waals surface area contributed by atoms with Crippen LogP contribution in [0.3, 0.4) is 0 Å². The fourth-order valence-corrected chi connectivity index (χ4v) is 5.61. The highest BCUT2D eigenvalue weighted by Crippen LogP contribution is 2.33. The van der Waals surface area contributed by atoms with Gasteiger partial charge in [0.2, 0.25) is 0 Å². The van der Waals surface area contributed by atoms with Crippen molar-refractivity contribution < 1.29 is 13.2 Å². The monoisotopic (exact) mass is 435 g/mol. The van der Waals surface area contributed by atoms with Crippen LogP contribution in [-0.4, -0.2) is 25.2 Å². The molecule has 3 aromatic rings. The summed E-state index contributed by atoms with van der Waals surface area (Å²) in [6, 6.07) is 17.8. The number of rotatable bonds is 6. The molecule has 7 heteroatoms. The first-order chi connectivity index (χ1) is 15.0. The van der Waals surface area contributed by atoms with E-state index in [0.29, 0.717) is 12.2 Å². The molecule has 31 heavy (non-hydrogen) atoms. The fraction of sp³-hybridized carbons (Fsp3) is 0.250. The summed E-state index contributed by atoms with van der Waals surface area (Å²) in [5.74, 6) is 0.121. The third kappa shape index (κ3) is 5.30. The normalized spacial score (nSPS) is 15.7. The lowest BCUT2D eigenvalue weighted by molar-refractivity contribution is 0.251. The molecule has 1 heterocycles. The highest BCUT2D eigenvalue weighted by atomic mass is 32.2. The number of nitrogens with zero attached hydrogens (tertiary/aromatic N) is 1. The van der Waals surface area contributed by atoms with Crippen LogP contribution in [0.25, 0.3) is 0 Å². The van der Waals surface area contributed by atoms with Gasteiger partial charge in [-0.15, -0.1) is 0 Å². The van der Waals surface area contributed by atoms with Crippen molar-refractivity contribution in [2.45, 2.75) is 36.6 Å². The van der Waals surface area contributed by atoms with Crippen molar-refractivity contribution in [3.8, 4) is 0 Å². The van der Waals surface area contributed by atoms with E-state index in [4.69, 9.17) is 0 Å². The second-order valence-electron chi connectivity index (χ2n) is 7.76. The number of anilines is 1. The number of hydrogen-bond donors (Lipinski definition) is 2. The molecule has 2 amide bonds. The summed E-state index contributed by atoms with van der Waals surface area (Å²) in [4.78, 5) is 16.3. The van der Waals surface area contributed by atoms with Crippen LogP contribution in [0.1, 0.15) is 35.4 Å². The maximum atomic E-state index is 13.0. The van der Waals surface area contributed by atoms with E-state index in [1.165, 1.54) is 5.56 Å². The molecule has 1 unspecified atom stereocenters. The third-order valence-electron chi connectivity index (χ3n) is 5.59. The number of pyridine rings is 1. The van der Waals surface area contributed by atoms with Crippen LogP contribution in [0.5, 0.6) is 0 Å². The third-order valence-corrected chi connectivity index (χ3v) is 7.42. The number of urea groups is 1. The van der Waals surface area contributed by atoms with Gasteiger partial charge in [-0.3, -0.25) is 4.98 Å². The maximum absolute atomic E-state index is 13.0. The average molecular weight is 436 g/mol. The predicted octanol–water partition coefficient (Wildman–Crippen LogP) is 4.30. The molecule has 0 bridgehead atoms. The van der Waals surface area contributed by atoms with Crippen molar-refractivity contribution in [2.24, 2.45) is 0 Å². The lowest BCUT2D eigenvalue weighted by Crippen LogP contribution is -2.28. The Bertz CT molecular complexity index is 1150. The lowest BCUT2D eigenvalue weighted by atomic mass is 9.84. The van der Waals surface area contributed by atoms with E-state index in [9.17, 15) is 13.2 Å². The fourth-order valence-electron chi connectivity index (χ4n) is 3.99. The summed E-state index contributed by atoms with van der Waals surface area (Å²) in [7, 11) is -3.43. The number of hydrogen-bond acceptors (Lipinski definition) is 4. The Morgan fingerprint density at radius 2 is 1.74 bits per heavy atom. The maximum Gasteiger partial charge on any atom is 0.319 e. The molecule has 4 rings (SSSR count). The molecule has 1 aliphatic carbocycles. The summed E-state index contributed by atoms with van der Waals surface area (Å²) >= 11 is 0. The Labute approximate surface area is 182 Å². The van der Waals surface area contributed by atoms with E-state index < -0.39 is 9.84 Å². The average Bonchev–Trinajstić information content (AvgIpc) is 2.79. The summed E-state index contributed by atoms with van der Waals surface area (Å²) in [5, 5.41) is 5.48. The lowest BCUT2D eigenvalue weighted by Gasteiger charge is -2.25. The van der Waals surface area contributed by atoms with Gasteiger partial charge in [-0.1, -0.05) is 24.3 Å². The minimum Gasteiger partial charge on any atom is -0.334 e. The SMILES string of the molecule is O=C(NCc1ccncc1)Nc1ccc(S(=O)(=O)CC2CCCc3ccccc32)cc1. The van der Waals surface area contributed by atoms with E-state index >= 15 is 0 Å². The van der Waals surface area contributed by atoms with Crippen LogP contribution in [0.15, 0.2) is 78.0 Å². The van der Waals surface area contributed by atoms with Gasteiger partial charge in [0.15, 0.2) is 9.84 Å². The zero-order valence-corrected chi connectivity index (χ0v) is 17.9. The van der Waals surface area contributed by atoms with E-state index in [1.807, 2.05) is 30.3 Å². The number of aryl methyl sites for hydroxylation is 1. The Morgan fingerprint density at radius 1 is 1.00 bits per heavy atom. The molecule has 0 fully saturated rings. The Hall–Kier alpha value is -3.19. The molecule has 2 aromatic carbocycles. The second-order valence-corrected chi connectivity index (χ2v) is 9.79. The first-order valence-corrected chi connectivity index (χ1v) is 12.0. The van der Waals surface area contributed by atoms with Crippen molar-refractivity contribution in [3.63, 3.8) is 0 Å². The molecular weight excluding hydrogens is 410 g/mol. The number of carbonyl (C=O) groups excluding carboxylic acids is 1. The first kappa shape index (κ1) is 21.1. The van der Waals surface area contributed by atoms with Crippen LogP contribution in [-0.2, 0) is 22.8 Å². The van der Waals surface area contributed by atoms with E-state index in [2.05, 4.69) is 21.7 Å². The molecule has 0 saturated heterocycles. The van der Waals surface area contributed by atoms with Crippen LogP contribution in [0.4, 0.5) is 10.5 Å². The Kier molecular flexibility index (Phi) is 6.32.